The Morgan fingerprint density at radius 1 is 1.38 bits per heavy atom. The Balaban J connectivity index is 1.70. The van der Waals surface area contributed by atoms with Crippen LogP contribution in [-0.4, -0.2) is 44.4 Å². The minimum absolute atomic E-state index is 0.187. The molecule has 0 unspecified atom stereocenters. The highest BCUT2D eigenvalue weighted by molar-refractivity contribution is 5.72. The second-order valence-electron chi connectivity index (χ2n) is 6.39. The number of hydrogen-bond acceptors (Lipinski definition) is 4. The third-order valence-corrected chi connectivity index (χ3v) is 3.48. The van der Waals surface area contributed by atoms with E-state index in [1.54, 1.807) is 11.1 Å². The molecule has 6 heteroatoms. The Labute approximate surface area is 123 Å². The molecule has 0 aromatic carbocycles. The predicted molar refractivity (Wildman–Crippen MR) is 79.0 cm³/mol. The van der Waals surface area contributed by atoms with E-state index >= 15 is 0 Å². The van der Waals surface area contributed by atoms with E-state index < -0.39 is 5.60 Å². The van der Waals surface area contributed by atoms with Gasteiger partial charge in [-0.1, -0.05) is 0 Å². The lowest BCUT2D eigenvalue weighted by Crippen LogP contribution is -2.35. The number of pyridine rings is 1. The van der Waals surface area contributed by atoms with E-state index in [9.17, 15) is 4.79 Å². The van der Waals surface area contributed by atoms with Crippen molar-refractivity contribution < 1.29 is 9.53 Å². The average molecular weight is 288 g/mol. The molecule has 6 nitrogen and oxygen atoms in total. The number of fused-ring (bicyclic) bond motifs is 1. The van der Waals surface area contributed by atoms with Crippen LogP contribution in [0.1, 0.15) is 33.2 Å². The van der Waals surface area contributed by atoms with E-state index in [0.29, 0.717) is 13.1 Å². The number of hydrogen-bond donors (Lipinski definition) is 0. The van der Waals surface area contributed by atoms with Gasteiger partial charge in [-0.3, -0.25) is 9.67 Å². The standard InChI is InChI=1S/C15H20N4O2/c1-15(2,3)21-14(20)18-8-6-11(9-18)19-10-13-12(17-19)5-4-7-16-13/h4-5,7,10-11H,6,8-9H2,1-3H3/t11-/m0/s1. The van der Waals surface area contributed by atoms with Gasteiger partial charge >= 0.3 is 6.09 Å². The van der Waals surface area contributed by atoms with Crippen LogP contribution in [0.4, 0.5) is 4.79 Å². The number of carbonyl (C=O) groups is 1. The van der Waals surface area contributed by atoms with Gasteiger partial charge in [-0.15, -0.1) is 0 Å². The summed E-state index contributed by atoms with van der Waals surface area (Å²) < 4.78 is 7.33. The lowest BCUT2D eigenvalue weighted by atomic mass is 10.2. The number of rotatable bonds is 1. The molecule has 0 aliphatic carbocycles. The van der Waals surface area contributed by atoms with E-state index in [0.717, 1.165) is 17.5 Å². The summed E-state index contributed by atoms with van der Waals surface area (Å²) in [6.07, 6.45) is 4.33. The van der Waals surface area contributed by atoms with E-state index in [4.69, 9.17) is 4.74 Å². The van der Waals surface area contributed by atoms with Crippen LogP contribution in [0.2, 0.25) is 0 Å². The smallest absolute Gasteiger partial charge is 0.410 e. The van der Waals surface area contributed by atoms with E-state index in [2.05, 4.69) is 10.1 Å². The van der Waals surface area contributed by atoms with Gasteiger partial charge in [0.05, 0.1) is 12.2 Å². The van der Waals surface area contributed by atoms with Crippen LogP contribution < -0.4 is 0 Å². The van der Waals surface area contributed by atoms with Gasteiger partial charge < -0.3 is 9.64 Å². The van der Waals surface area contributed by atoms with Crippen molar-refractivity contribution in [1.29, 1.82) is 0 Å². The molecule has 0 radical (unpaired) electrons. The zero-order chi connectivity index (χ0) is 15.0. The quantitative estimate of drug-likeness (QED) is 0.809. The molecule has 0 spiro atoms. The molecule has 0 N–H and O–H groups in total. The predicted octanol–water partition coefficient (Wildman–Crippen LogP) is 2.61. The molecule has 2 aromatic heterocycles. The van der Waals surface area contributed by atoms with Crippen LogP contribution in [0.25, 0.3) is 11.0 Å². The largest absolute Gasteiger partial charge is 0.444 e. The van der Waals surface area contributed by atoms with Gasteiger partial charge in [-0.2, -0.15) is 5.10 Å². The van der Waals surface area contributed by atoms with Gasteiger partial charge in [0.1, 0.15) is 16.6 Å². The maximum Gasteiger partial charge on any atom is 0.410 e. The summed E-state index contributed by atoms with van der Waals surface area (Å²) in [5.41, 5.74) is 1.31. The van der Waals surface area contributed by atoms with Crippen LogP contribution in [0.15, 0.2) is 24.5 Å². The Bertz CT molecular complexity index is 626. The molecule has 1 atom stereocenters. The highest BCUT2D eigenvalue weighted by Crippen LogP contribution is 2.24. The zero-order valence-electron chi connectivity index (χ0n) is 12.6. The molecule has 1 amide bonds. The third kappa shape index (κ3) is 2.99. The fraction of sp³-hybridized carbons (Fsp3) is 0.533. The summed E-state index contributed by atoms with van der Waals surface area (Å²) in [5, 5.41) is 4.54. The molecule has 112 valence electrons. The van der Waals surface area contributed by atoms with Crippen LogP contribution >= 0.6 is 0 Å². The van der Waals surface area contributed by atoms with Gasteiger partial charge in [0.25, 0.3) is 0 Å². The lowest BCUT2D eigenvalue weighted by Gasteiger charge is -2.24. The second-order valence-corrected chi connectivity index (χ2v) is 6.39. The summed E-state index contributed by atoms with van der Waals surface area (Å²) in [5.74, 6) is 0. The number of aromatic nitrogens is 3. The van der Waals surface area contributed by atoms with E-state index in [-0.39, 0.29) is 12.1 Å². The zero-order valence-corrected chi connectivity index (χ0v) is 12.6. The Morgan fingerprint density at radius 2 is 2.19 bits per heavy atom. The second kappa shape index (κ2) is 5.02. The monoisotopic (exact) mass is 288 g/mol. The molecule has 0 saturated carbocycles. The van der Waals surface area contributed by atoms with Crippen LogP contribution in [0, 0.1) is 0 Å². The fourth-order valence-corrected chi connectivity index (χ4v) is 2.51. The summed E-state index contributed by atoms with van der Waals surface area (Å²) >= 11 is 0. The maximum absolute atomic E-state index is 12.1. The van der Waals surface area contributed by atoms with Gasteiger partial charge in [0.15, 0.2) is 0 Å². The molecular weight excluding hydrogens is 268 g/mol. The first-order chi connectivity index (χ1) is 9.92. The van der Waals surface area contributed by atoms with Crippen molar-refractivity contribution in [2.45, 2.75) is 38.8 Å². The first kappa shape index (κ1) is 13.9. The molecule has 3 heterocycles. The van der Waals surface area contributed by atoms with Crippen molar-refractivity contribution in [2.24, 2.45) is 0 Å². The fourth-order valence-electron chi connectivity index (χ4n) is 2.51. The Hall–Kier alpha value is -2.11. The van der Waals surface area contributed by atoms with Crippen molar-refractivity contribution in [1.82, 2.24) is 19.7 Å². The highest BCUT2D eigenvalue weighted by atomic mass is 16.6. The summed E-state index contributed by atoms with van der Waals surface area (Å²) in [4.78, 5) is 18.1. The number of carbonyl (C=O) groups excluding carboxylic acids is 1. The molecule has 2 aromatic rings. The Kier molecular flexibility index (Phi) is 3.31. The van der Waals surface area contributed by atoms with Gasteiger partial charge in [0.2, 0.25) is 0 Å². The SMILES string of the molecule is CC(C)(C)OC(=O)N1CC[C@H](n2cc3ncccc3n2)C1. The van der Waals surface area contributed by atoms with Crippen LogP contribution in [0.5, 0.6) is 0 Å². The molecule has 21 heavy (non-hydrogen) atoms. The normalized spacial score (nSPS) is 19.2. The first-order valence-corrected chi connectivity index (χ1v) is 7.20. The van der Waals surface area contributed by atoms with E-state index in [1.165, 1.54) is 0 Å². The van der Waals surface area contributed by atoms with Gasteiger partial charge in [-0.05, 0) is 39.3 Å². The topological polar surface area (TPSA) is 60.2 Å². The van der Waals surface area contributed by atoms with Crippen molar-refractivity contribution >= 4 is 17.1 Å². The average Bonchev–Trinajstić information content (AvgIpc) is 3.03. The highest BCUT2D eigenvalue weighted by Gasteiger charge is 2.31. The van der Waals surface area contributed by atoms with Gasteiger partial charge in [0, 0.05) is 19.3 Å². The summed E-state index contributed by atoms with van der Waals surface area (Å²) in [7, 11) is 0. The third-order valence-electron chi connectivity index (χ3n) is 3.48. The number of likely N-dealkylation sites (tertiary alicyclic amines) is 1. The summed E-state index contributed by atoms with van der Waals surface area (Å²) in [6, 6.07) is 4.01. The molecule has 1 aliphatic rings. The molecule has 0 bridgehead atoms. The molecule has 1 saturated heterocycles. The van der Waals surface area contributed by atoms with Crippen LogP contribution in [-0.2, 0) is 4.74 Å². The minimum atomic E-state index is -0.459. The van der Waals surface area contributed by atoms with Crippen molar-refractivity contribution in [3.8, 4) is 0 Å². The number of amides is 1. The summed E-state index contributed by atoms with van der Waals surface area (Å²) in [6.45, 7) is 6.96. The number of nitrogens with zero attached hydrogens (tertiary/aromatic N) is 4. The van der Waals surface area contributed by atoms with Gasteiger partial charge in [-0.25, -0.2) is 4.79 Å². The molecule has 1 fully saturated rings. The van der Waals surface area contributed by atoms with Crippen molar-refractivity contribution in [3.63, 3.8) is 0 Å². The van der Waals surface area contributed by atoms with E-state index in [1.807, 2.05) is 43.8 Å². The minimum Gasteiger partial charge on any atom is -0.444 e. The molecular formula is C15H20N4O2. The van der Waals surface area contributed by atoms with Crippen LogP contribution in [0.3, 0.4) is 0 Å². The Morgan fingerprint density at radius 3 is 2.90 bits per heavy atom. The van der Waals surface area contributed by atoms with Crippen molar-refractivity contribution in [3.05, 3.63) is 24.5 Å². The number of ether oxygens (including phenoxy) is 1. The molecule has 3 rings (SSSR count). The van der Waals surface area contributed by atoms with Crippen molar-refractivity contribution in [2.75, 3.05) is 13.1 Å². The molecule has 1 aliphatic heterocycles. The maximum atomic E-state index is 12.1. The first-order valence-electron chi connectivity index (χ1n) is 7.20. The lowest BCUT2D eigenvalue weighted by molar-refractivity contribution is 0.0288.